The summed E-state index contributed by atoms with van der Waals surface area (Å²) >= 11 is 0. The van der Waals surface area contributed by atoms with Gasteiger partial charge in [-0.15, -0.1) is 0 Å². The summed E-state index contributed by atoms with van der Waals surface area (Å²) in [7, 11) is 4.75. The molecule has 9 rings (SSSR count). The molecular weight excluding hydrogens is 997 g/mol. The van der Waals surface area contributed by atoms with Crippen LogP contribution in [0, 0.1) is 17.8 Å². The van der Waals surface area contributed by atoms with Gasteiger partial charge in [0.2, 0.25) is 0 Å². The Labute approximate surface area is 457 Å². The second-order valence-electron chi connectivity index (χ2n) is 25.2. The lowest BCUT2D eigenvalue weighted by Gasteiger charge is -2.53. The minimum Gasteiger partial charge on any atom is -0.467 e. The first-order valence-electron chi connectivity index (χ1n) is 29.4. The van der Waals surface area contributed by atoms with E-state index < -0.39 is 95.8 Å². The SMILES string of the molecule is COC(=O)[C@H](O)C/C=C\C/C=C/C[C@@H]1O[C@@]23C[C@@H]1OC(=O)C[C@H]1CCC[C@H](O1)[C@@H](O)[C@@H]1C[C@@H](C[C@H]4O[C@@]5(CC[C@H](OC)[C@H](O5)[C@H]5OC(C)(C)O[C@H]5[C@@H](C)CC[C@@H]5C[C@H](OC)C[C@](CC[C@@H]2C)(O5)O3)CC[C@@H]4C)OC(C)(C)O1. The van der Waals surface area contributed by atoms with Gasteiger partial charge in [0.25, 0.3) is 0 Å². The number of esters is 2. The van der Waals surface area contributed by atoms with Crippen molar-refractivity contribution in [1.82, 2.24) is 0 Å². The van der Waals surface area contributed by atoms with Crippen molar-refractivity contribution in [1.29, 1.82) is 0 Å². The minimum absolute atomic E-state index is 0.0162. The fourth-order valence-corrected chi connectivity index (χ4v) is 14.2. The highest BCUT2D eigenvalue weighted by atomic mass is 16.8. The van der Waals surface area contributed by atoms with Crippen LogP contribution in [-0.4, -0.2) is 164 Å². The van der Waals surface area contributed by atoms with Crippen molar-refractivity contribution in [3.63, 3.8) is 0 Å². The van der Waals surface area contributed by atoms with Crippen molar-refractivity contribution in [2.75, 3.05) is 21.3 Å². The number of allylic oxidation sites excluding steroid dienone is 2. The van der Waals surface area contributed by atoms with Gasteiger partial charge in [0.1, 0.15) is 30.5 Å². The predicted octanol–water partition coefficient (Wildman–Crippen LogP) is 8.18. The molecule has 77 heavy (non-hydrogen) atoms. The monoisotopic (exact) mass is 1090 g/mol. The maximum atomic E-state index is 14.2. The van der Waals surface area contributed by atoms with E-state index >= 15 is 0 Å². The number of ether oxygens (including phenoxy) is 14. The molecule has 0 saturated carbocycles. The molecule has 9 aliphatic heterocycles. The molecule has 9 saturated heterocycles. The molecule has 438 valence electrons. The van der Waals surface area contributed by atoms with Gasteiger partial charge in [-0.2, -0.15) is 0 Å². The first-order valence-corrected chi connectivity index (χ1v) is 29.4. The third-order valence-corrected chi connectivity index (χ3v) is 18.4. The Morgan fingerprint density at radius 1 is 0.662 bits per heavy atom. The third kappa shape index (κ3) is 14.0. The van der Waals surface area contributed by atoms with Crippen LogP contribution < -0.4 is 0 Å². The van der Waals surface area contributed by atoms with Crippen LogP contribution in [0.25, 0.3) is 0 Å². The Morgan fingerprint density at radius 2 is 1.40 bits per heavy atom. The van der Waals surface area contributed by atoms with E-state index in [4.69, 9.17) is 61.6 Å². The van der Waals surface area contributed by atoms with Crippen LogP contribution in [0.3, 0.4) is 0 Å². The first kappa shape index (κ1) is 59.5. The smallest absolute Gasteiger partial charge is 0.335 e. The van der Waals surface area contributed by atoms with Gasteiger partial charge >= 0.3 is 11.9 Å². The second-order valence-corrected chi connectivity index (χ2v) is 25.2. The topological polar surface area (TPSA) is 204 Å². The maximum Gasteiger partial charge on any atom is 0.335 e. The van der Waals surface area contributed by atoms with Gasteiger partial charge < -0.3 is 76.5 Å². The molecule has 21 atom stereocenters. The molecule has 0 aromatic carbocycles. The highest BCUT2D eigenvalue weighted by molar-refractivity contribution is 5.74. The van der Waals surface area contributed by atoms with Gasteiger partial charge in [0.05, 0.1) is 68.5 Å². The summed E-state index contributed by atoms with van der Waals surface area (Å²) in [4.78, 5) is 25.9. The predicted molar refractivity (Wildman–Crippen MR) is 279 cm³/mol. The lowest BCUT2D eigenvalue weighted by Crippen LogP contribution is -2.59. The zero-order valence-corrected chi connectivity index (χ0v) is 47.8. The molecule has 9 aliphatic rings. The Bertz CT molecular complexity index is 2030. The van der Waals surface area contributed by atoms with Crippen molar-refractivity contribution in [2.24, 2.45) is 17.8 Å². The van der Waals surface area contributed by atoms with Crippen LogP contribution in [0.4, 0.5) is 0 Å². The van der Waals surface area contributed by atoms with Crippen LogP contribution in [-0.2, 0) is 75.9 Å². The number of fused-ring (bicyclic) bond motifs is 10. The highest BCUT2D eigenvalue weighted by Gasteiger charge is 2.61. The summed E-state index contributed by atoms with van der Waals surface area (Å²) in [6.07, 6.45) is 12.2. The molecule has 0 aromatic rings. The average Bonchev–Trinajstić information content (AvgIpc) is 3.96. The molecule has 0 unspecified atom stereocenters. The number of carbonyl (C=O) groups excluding carboxylic acids is 2. The number of hydrogen-bond acceptors (Lipinski definition) is 18. The fourth-order valence-electron chi connectivity index (χ4n) is 14.2. The third-order valence-electron chi connectivity index (χ3n) is 18.4. The lowest BCUT2D eigenvalue weighted by atomic mass is 9.81. The minimum atomic E-state index is -1.22. The van der Waals surface area contributed by atoms with Crippen molar-refractivity contribution in [2.45, 2.75) is 297 Å². The molecule has 18 nitrogen and oxygen atoms in total. The van der Waals surface area contributed by atoms with Gasteiger partial charge in [-0.25, -0.2) is 4.79 Å². The fraction of sp³-hybridized carbons (Fsp3) is 0.898. The molecule has 0 radical (unpaired) electrons. The molecule has 0 aromatic heterocycles. The van der Waals surface area contributed by atoms with Crippen LogP contribution >= 0.6 is 0 Å². The standard InChI is InChI=1S/C59H94O18/c1-35-23-26-57-28-25-45(65-9)52(76-57)53-51(74-56(6,7)75-53)36(2)21-22-39-29-41(64-8)33-58(70-39)27-24-37(3)59(77-58)34-48(43(73-59)19-15-13-11-12-14-18-42(60)54(63)66-10)68-49(61)32-38-17-16-20-44(67-38)50(62)47-31-40(30-46(35)72-57)69-55(4,5)71-47/h12-15,35-48,50-53,60,62H,11,16-34H2,1-10H3/b14-12-,15-13+/t35-,36-,37-,38+,39+,40+,41-,42+,43-,44-,45-,46+,47-,48-,50+,51-,52-,53-,57-,58+,59+/m0/s1. The van der Waals surface area contributed by atoms with Gasteiger partial charge in [-0.3, -0.25) is 4.79 Å². The molecule has 9 fully saturated rings. The number of hydrogen-bond donors (Lipinski definition) is 2. The average molecular weight is 1090 g/mol. The van der Waals surface area contributed by atoms with Crippen molar-refractivity contribution in [3.05, 3.63) is 24.3 Å². The van der Waals surface area contributed by atoms with Crippen molar-refractivity contribution < 1.29 is 86.1 Å². The van der Waals surface area contributed by atoms with Gasteiger partial charge in [0.15, 0.2) is 35.0 Å². The van der Waals surface area contributed by atoms with E-state index in [9.17, 15) is 19.8 Å². The number of rotatable bonds is 9. The molecule has 18 heteroatoms. The molecular formula is C59H94O18. The Hall–Kier alpha value is -2.14. The summed E-state index contributed by atoms with van der Waals surface area (Å²) in [6.45, 7) is 14.3. The maximum absolute atomic E-state index is 14.2. The Morgan fingerprint density at radius 3 is 2.18 bits per heavy atom. The number of carbonyl (C=O) groups is 2. The molecule has 3 spiro atoms. The summed E-state index contributed by atoms with van der Waals surface area (Å²) in [5, 5.41) is 22.1. The summed E-state index contributed by atoms with van der Waals surface area (Å²) in [6, 6.07) is 0. The van der Waals surface area contributed by atoms with Gasteiger partial charge in [-0.1, -0.05) is 45.1 Å². The normalized spacial score (nSPS) is 46.1. The van der Waals surface area contributed by atoms with Crippen LogP contribution in [0.1, 0.15) is 177 Å². The highest BCUT2D eigenvalue weighted by Crippen LogP contribution is 2.54. The summed E-state index contributed by atoms with van der Waals surface area (Å²) in [5.74, 6) is -5.66. The zero-order chi connectivity index (χ0) is 54.9. The van der Waals surface area contributed by atoms with Crippen LogP contribution in [0.5, 0.6) is 0 Å². The van der Waals surface area contributed by atoms with Crippen LogP contribution in [0.15, 0.2) is 24.3 Å². The van der Waals surface area contributed by atoms with Gasteiger partial charge in [-0.05, 0) is 104 Å². The Balaban J connectivity index is 0.991. The molecule has 2 N–H and O–H groups in total. The molecule has 9 heterocycles. The van der Waals surface area contributed by atoms with E-state index in [1.807, 2.05) is 45.9 Å². The lowest BCUT2D eigenvalue weighted by molar-refractivity contribution is -0.414. The first-order chi connectivity index (χ1) is 36.6. The second kappa shape index (κ2) is 24.8. The number of methoxy groups -OCH3 is 3. The van der Waals surface area contributed by atoms with E-state index in [0.717, 1.165) is 44.9 Å². The van der Waals surface area contributed by atoms with Crippen LogP contribution in [0.2, 0.25) is 0 Å². The molecule has 0 amide bonds. The van der Waals surface area contributed by atoms with E-state index in [1.54, 1.807) is 20.3 Å². The summed E-state index contributed by atoms with van der Waals surface area (Å²) in [5.41, 5.74) is 0. The van der Waals surface area contributed by atoms with E-state index in [2.05, 4.69) is 25.5 Å². The van der Waals surface area contributed by atoms with E-state index in [1.165, 1.54) is 7.11 Å². The largest absolute Gasteiger partial charge is 0.467 e. The number of aliphatic hydroxyl groups is 2. The zero-order valence-electron chi connectivity index (χ0n) is 47.8. The van der Waals surface area contributed by atoms with Crippen molar-refractivity contribution in [3.8, 4) is 0 Å². The summed E-state index contributed by atoms with van der Waals surface area (Å²) < 4.78 is 92.9. The Kier molecular flexibility index (Phi) is 19.1. The quantitative estimate of drug-likeness (QED) is 0.165. The van der Waals surface area contributed by atoms with E-state index in [-0.39, 0.29) is 67.2 Å². The molecule has 0 aliphatic carbocycles. The van der Waals surface area contributed by atoms with Gasteiger partial charge in [0, 0.05) is 77.9 Å². The van der Waals surface area contributed by atoms with E-state index in [0.29, 0.717) is 70.6 Å². The van der Waals surface area contributed by atoms with Crippen molar-refractivity contribution >= 4 is 11.9 Å². The molecule has 11 bridgehead atoms. The number of aliphatic hydroxyl groups excluding tert-OH is 2.